The van der Waals surface area contributed by atoms with Gasteiger partial charge in [0.05, 0.1) is 6.26 Å². The molecule has 1 heterocycles. The molecule has 1 aromatic rings. The summed E-state index contributed by atoms with van der Waals surface area (Å²) in [5, 5.41) is 0. The van der Waals surface area contributed by atoms with Crippen LogP contribution in [-0.4, -0.2) is 5.91 Å². The van der Waals surface area contributed by atoms with Gasteiger partial charge in [0.15, 0.2) is 5.76 Å². The van der Waals surface area contributed by atoms with Crippen LogP contribution in [0.1, 0.15) is 28.1 Å². The molecule has 0 radical (unpaired) electrons. The zero-order valence-electron chi connectivity index (χ0n) is 6.09. The van der Waals surface area contributed by atoms with E-state index < -0.39 is 5.91 Å². The van der Waals surface area contributed by atoms with Gasteiger partial charge in [0, 0.05) is 5.56 Å². The molecule has 1 aliphatic carbocycles. The Labute approximate surface area is 64.2 Å². The van der Waals surface area contributed by atoms with Crippen molar-refractivity contribution in [2.75, 3.05) is 0 Å². The van der Waals surface area contributed by atoms with Gasteiger partial charge in [-0.25, -0.2) is 0 Å². The molecule has 1 amide bonds. The molecule has 3 nitrogen and oxygen atoms in total. The number of primary amides is 1. The summed E-state index contributed by atoms with van der Waals surface area (Å²) in [6.07, 6.45) is 4.71. The molecule has 2 N–H and O–H groups in total. The van der Waals surface area contributed by atoms with E-state index in [1.165, 1.54) is 0 Å². The lowest BCUT2D eigenvalue weighted by atomic mass is 10.2. The van der Waals surface area contributed by atoms with Crippen LogP contribution in [0.3, 0.4) is 0 Å². The maximum absolute atomic E-state index is 10.8. The molecule has 1 aromatic heterocycles. The van der Waals surface area contributed by atoms with Gasteiger partial charge >= 0.3 is 0 Å². The summed E-state index contributed by atoms with van der Waals surface area (Å²) in [5.74, 6) is -0.0920. The standard InChI is InChI=1S/C8H9NO2/c9-8(10)7-6-3-1-2-5(6)4-11-7/h4H,1-3H2,(H2,9,10). The van der Waals surface area contributed by atoms with Crippen LogP contribution in [0.2, 0.25) is 0 Å². The van der Waals surface area contributed by atoms with Crippen molar-refractivity contribution < 1.29 is 9.21 Å². The van der Waals surface area contributed by atoms with Gasteiger partial charge in [-0.3, -0.25) is 4.79 Å². The van der Waals surface area contributed by atoms with Crippen molar-refractivity contribution in [3.8, 4) is 0 Å². The van der Waals surface area contributed by atoms with Crippen LogP contribution in [0.5, 0.6) is 0 Å². The van der Waals surface area contributed by atoms with Gasteiger partial charge in [0.1, 0.15) is 0 Å². The molecule has 0 spiro atoms. The number of rotatable bonds is 1. The van der Waals surface area contributed by atoms with Gasteiger partial charge in [-0.05, 0) is 24.8 Å². The lowest BCUT2D eigenvalue weighted by Gasteiger charge is -1.90. The summed E-state index contributed by atoms with van der Waals surface area (Å²) >= 11 is 0. The zero-order chi connectivity index (χ0) is 7.84. The van der Waals surface area contributed by atoms with Crippen molar-refractivity contribution in [1.29, 1.82) is 0 Å². The fraction of sp³-hybridized carbons (Fsp3) is 0.375. The number of hydrogen-bond acceptors (Lipinski definition) is 2. The summed E-state index contributed by atoms with van der Waals surface area (Å²) < 4.78 is 5.02. The first-order valence-electron chi connectivity index (χ1n) is 3.68. The number of hydrogen-bond donors (Lipinski definition) is 1. The molecule has 0 saturated carbocycles. The zero-order valence-corrected chi connectivity index (χ0v) is 6.09. The van der Waals surface area contributed by atoms with E-state index >= 15 is 0 Å². The molecule has 2 rings (SSSR count). The predicted octanol–water partition coefficient (Wildman–Crippen LogP) is 0.867. The Morgan fingerprint density at radius 3 is 3.09 bits per heavy atom. The fourth-order valence-corrected chi connectivity index (χ4v) is 1.56. The van der Waals surface area contributed by atoms with Crippen molar-refractivity contribution in [2.45, 2.75) is 19.3 Å². The molecule has 0 aliphatic heterocycles. The summed E-state index contributed by atoms with van der Waals surface area (Å²) in [6, 6.07) is 0. The topological polar surface area (TPSA) is 56.2 Å². The maximum Gasteiger partial charge on any atom is 0.284 e. The van der Waals surface area contributed by atoms with Gasteiger partial charge in [0.2, 0.25) is 0 Å². The third-order valence-corrected chi connectivity index (χ3v) is 2.08. The number of fused-ring (bicyclic) bond motifs is 1. The first kappa shape index (κ1) is 6.46. The molecular weight excluding hydrogens is 142 g/mol. The molecule has 1 aliphatic rings. The molecular formula is C8H9NO2. The van der Waals surface area contributed by atoms with E-state index in [1.54, 1.807) is 6.26 Å². The number of carbonyl (C=O) groups excluding carboxylic acids is 1. The van der Waals surface area contributed by atoms with E-state index in [0.717, 1.165) is 30.4 Å². The number of nitrogens with two attached hydrogens (primary N) is 1. The molecule has 0 saturated heterocycles. The summed E-state index contributed by atoms with van der Waals surface area (Å²) in [5.41, 5.74) is 7.28. The van der Waals surface area contributed by atoms with E-state index in [1.807, 2.05) is 0 Å². The highest BCUT2D eigenvalue weighted by Crippen LogP contribution is 2.26. The second kappa shape index (κ2) is 2.12. The highest BCUT2D eigenvalue weighted by molar-refractivity contribution is 5.91. The minimum Gasteiger partial charge on any atom is -0.459 e. The van der Waals surface area contributed by atoms with Crippen molar-refractivity contribution in [1.82, 2.24) is 0 Å². The van der Waals surface area contributed by atoms with Gasteiger partial charge < -0.3 is 10.2 Å². The predicted molar refractivity (Wildman–Crippen MR) is 39.3 cm³/mol. The molecule has 0 aromatic carbocycles. The third-order valence-electron chi connectivity index (χ3n) is 2.08. The number of carbonyl (C=O) groups is 1. The second-order valence-electron chi connectivity index (χ2n) is 2.79. The average molecular weight is 151 g/mol. The molecule has 0 bridgehead atoms. The molecule has 11 heavy (non-hydrogen) atoms. The van der Waals surface area contributed by atoms with Crippen LogP contribution < -0.4 is 5.73 Å². The first-order chi connectivity index (χ1) is 5.29. The van der Waals surface area contributed by atoms with Crippen LogP contribution in [0.15, 0.2) is 10.7 Å². The minimum absolute atomic E-state index is 0.359. The molecule has 58 valence electrons. The Morgan fingerprint density at radius 1 is 1.55 bits per heavy atom. The highest BCUT2D eigenvalue weighted by Gasteiger charge is 2.21. The van der Waals surface area contributed by atoms with Gasteiger partial charge in [-0.2, -0.15) is 0 Å². The van der Waals surface area contributed by atoms with Crippen LogP contribution in [0.4, 0.5) is 0 Å². The van der Waals surface area contributed by atoms with E-state index in [2.05, 4.69) is 0 Å². The maximum atomic E-state index is 10.8. The molecule has 3 heteroatoms. The van der Waals surface area contributed by atoms with Gasteiger partial charge in [-0.15, -0.1) is 0 Å². The Hall–Kier alpha value is -1.25. The Morgan fingerprint density at radius 2 is 2.36 bits per heavy atom. The van der Waals surface area contributed by atoms with Crippen molar-refractivity contribution in [3.63, 3.8) is 0 Å². The van der Waals surface area contributed by atoms with E-state index in [0.29, 0.717) is 5.76 Å². The second-order valence-corrected chi connectivity index (χ2v) is 2.79. The van der Waals surface area contributed by atoms with Crippen LogP contribution in [0, 0.1) is 0 Å². The van der Waals surface area contributed by atoms with Crippen LogP contribution >= 0.6 is 0 Å². The largest absolute Gasteiger partial charge is 0.459 e. The summed E-state index contributed by atoms with van der Waals surface area (Å²) in [6.45, 7) is 0. The Bertz CT molecular complexity index is 301. The quantitative estimate of drug-likeness (QED) is 0.647. The van der Waals surface area contributed by atoms with Crippen LogP contribution in [-0.2, 0) is 12.8 Å². The smallest absolute Gasteiger partial charge is 0.284 e. The molecule has 0 fully saturated rings. The number of aryl methyl sites for hydroxylation is 1. The summed E-state index contributed by atoms with van der Waals surface area (Å²) in [7, 11) is 0. The Balaban J connectivity index is 2.50. The van der Waals surface area contributed by atoms with Crippen LogP contribution in [0.25, 0.3) is 0 Å². The third kappa shape index (κ3) is 0.843. The SMILES string of the molecule is NC(=O)c1occ2c1CCC2. The van der Waals surface area contributed by atoms with Gasteiger partial charge in [-0.1, -0.05) is 0 Å². The highest BCUT2D eigenvalue weighted by atomic mass is 16.3. The molecule has 0 unspecified atom stereocenters. The minimum atomic E-state index is -0.451. The summed E-state index contributed by atoms with van der Waals surface area (Å²) in [4.78, 5) is 10.8. The lowest BCUT2D eigenvalue weighted by Crippen LogP contribution is -2.11. The average Bonchev–Trinajstić information content (AvgIpc) is 2.41. The van der Waals surface area contributed by atoms with E-state index in [-0.39, 0.29) is 0 Å². The molecule has 0 atom stereocenters. The Kier molecular flexibility index (Phi) is 1.24. The van der Waals surface area contributed by atoms with E-state index in [9.17, 15) is 4.79 Å². The lowest BCUT2D eigenvalue weighted by molar-refractivity contribution is 0.0972. The fourth-order valence-electron chi connectivity index (χ4n) is 1.56. The van der Waals surface area contributed by atoms with Crippen molar-refractivity contribution >= 4 is 5.91 Å². The number of furan rings is 1. The monoisotopic (exact) mass is 151 g/mol. The normalized spacial score (nSPS) is 14.9. The van der Waals surface area contributed by atoms with E-state index in [4.69, 9.17) is 10.2 Å². The first-order valence-corrected chi connectivity index (χ1v) is 3.68. The van der Waals surface area contributed by atoms with Gasteiger partial charge in [0.25, 0.3) is 5.91 Å². The van der Waals surface area contributed by atoms with Crippen molar-refractivity contribution in [2.24, 2.45) is 5.73 Å². The van der Waals surface area contributed by atoms with Crippen molar-refractivity contribution in [3.05, 3.63) is 23.2 Å². The number of amides is 1.